The molecule has 110 valence electrons. The zero-order chi connectivity index (χ0) is 15.4. The van der Waals surface area contributed by atoms with Crippen LogP contribution in [0.4, 0.5) is 0 Å². The van der Waals surface area contributed by atoms with Crippen LogP contribution in [0.3, 0.4) is 0 Å². The number of carbonyl (C=O) groups excluding carboxylic acids is 1. The molecule has 0 aliphatic carbocycles. The molecule has 6 heteroatoms. The zero-order valence-corrected chi connectivity index (χ0v) is 13.4. The fourth-order valence-corrected chi connectivity index (χ4v) is 4.39. The molecule has 0 saturated carbocycles. The molecule has 3 heterocycles. The second kappa shape index (κ2) is 4.71. The molecule has 2 aromatic carbocycles. The minimum absolute atomic E-state index is 0.121. The van der Waals surface area contributed by atoms with E-state index >= 15 is 0 Å². The Hall–Kier alpha value is -2.57. The minimum atomic E-state index is -0.121. The van der Waals surface area contributed by atoms with E-state index in [0.717, 1.165) is 25.9 Å². The van der Waals surface area contributed by atoms with Crippen LogP contribution in [0.5, 0.6) is 0 Å². The lowest BCUT2D eigenvalue weighted by Gasteiger charge is -1.98. The molecule has 0 amide bonds. The van der Waals surface area contributed by atoms with E-state index in [-0.39, 0.29) is 11.6 Å². The molecular weight excluding hydrogens is 326 g/mol. The van der Waals surface area contributed by atoms with Crippen LogP contribution in [0.2, 0.25) is 0 Å². The van der Waals surface area contributed by atoms with Gasteiger partial charge in [-0.3, -0.25) is 4.79 Å². The quantitative estimate of drug-likeness (QED) is 0.450. The molecule has 0 atom stereocenters. The predicted molar refractivity (Wildman–Crippen MR) is 93.6 cm³/mol. The number of benzene rings is 2. The Bertz CT molecular complexity index is 1180. The van der Waals surface area contributed by atoms with Gasteiger partial charge in [-0.2, -0.15) is 4.98 Å². The number of thiazole rings is 1. The predicted octanol–water partition coefficient (Wildman–Crippen LogP) is 4.39. The van der Waals surface area contributed by atoms with Crippen molar-refractivity contribution in [2.45, 2.75) is 0 Å². The van der Waals surface area contributed by atoms with Crippen molar-refractivity contribution in [2.75, 3.05) is 0 Å². The van der Waals surface area contributed by atoms with Crippen molar-refractivity contribution in [2.24, 2.45) is 0 Å². The number of carbonyl (C=O) groups is 1. The minimum Gasteiger partial charge on any atom is -0.284 e. The molecule has 0 radical (unpaired) electrons. The van der Waals surface area contributed by atoms with Gasteiger partial charge in [0.05, 0.1) is 15.1 Å². The summed E-state index contributed by atoms with van der Waals surface area (Å²) >= 11 is 2.96. The Labute approximate surface area is 138 Å². The molecule has 5 aromatic rings. The summed E-state index contributed by atoms with van der Waals surface area (Å²) in [6.45, 7) is 0. The van der Waals surface area contributed by atoms with Crippen LogP contribution in [0.25, 0.3) is 25.9 Å². The van der Waals surface area contributed by atoms with Crippen LogP contribution in [-0.4, -0.2) is 20.4 Å². The first kappa shape index (κ1) is 12.9. The van der Waals surface area contributed by atoms with E-state index in [4.69, 9.17) is 0 Å². The monoisotopic (exact) mass is 335 g/mol. The maximum Gasteiger partial charge on any atom is 0.242 e. The number of hydrogen-bond donors (Lipinski definition) is 0. The highest BCUT2D eigenvalue weighted by Gasteiger charge is 2.19. The summed E-state index contributed by atoms with van der Waals surface area (Å²) in [6, 6.07) is 16.0. The number of nitrogens with zero attached hydrogens (tertiary/aromatic N) is 3. The normalized spacial score (nSPS) is 11.7. The van der Waals surface area contributed by atoms with E-state index in [9.17, 15) is 4.79 Å². The Balaban J connectivity index is 1.80. The van der Waals surface area contributed by atoms with Crippen LogP contribution < -0.4 is 0 Å². The molecule has 4 nitrogen and oxygen atoms in total. The van der Waals surface area contributed by atoms with Crippen molar-refractivity contribution >= 4 is 54.4 Å². The summed E-state index contributed by atoms with van der Waals surface area (Å²) in [5, 5.41) is 8.64. The van der Waals surface area contributed by atoms with Gasteiger partial charge in [0, 0.05) is 5.39 Å². The number of fused-ring (bicyclic) bond motifs is 5. The lowest BCUT2D eigenvalue weighted by Crippen LogP contribution is -2.01. The van der Waals surface area contributed by atoms with Gasteiger partial charge < -0.3 is 0 Å². The highest BCUT2D eigenvalue weighted by atomic mass is 32.1. The van der Waals surface area contributed by atoms with Gasteiger partial charge in [-0.05, 0) is 22.9 Å². The van der Waals surface area contributed by atoms with E-state index in [1.54, 1.807) is 21.9 Å². The lowest BCUT2D eigenvalue weighted by molar-refractivity contribution is 0.103. The van der Waals surface area contributed by atoms with Crippen molar-refractivity contribution in [3.8, 4) is 0 Å². The molecule has 3 aromatic heterocycles. The lowest BCUT2D eigenvalue weighted by atomic mass is 10.1. The summed E-state index contributed by atoms with van der Waals surface area (Å²) in [5.41, 5.74) is 1.01. The number of aromatic nitrogens is 3. The summed E-state index contributed by atoms with van der Waals surface area (Å²) in [7, 11) is 0. The molecule has 0 unspecified atom stereocenters. The molecule has 0 fully saturated rings. The van der Waals surface area contributed by atoms with E-state index in [0.29, 0.717) is 4.88 Å². The molecule has 0 saturated heterocycles. The third-order valence-corrected chi connectivity index (χ3v) is 5.67. The van der Waals surface area contributed by atoms with E-state index in [2.05, 4.69) is 34.3 Å². The van der Waals surface area contributed by atoms with Crippen molar-refractivity contribution < 1.29 is 4.79 Å². The van der Waals surface area contributed by atoms with Gasteiger partial charge in [-0.15, -0.1) is 16.4 Å². The Kier molecular flexibility index (Phi) is 2.65. The van der Waals surface area contributed by atoms with Crippen molar-refractivity contribution in [1.29, 1.82) is 0 Å². The second-order valence-corrected chi connectivity index (χ2v) is 7.13. The fraction of sp³-hybridized carbons (Fsp3) is 0. The summed E-state index contributed by atoms with van der Waals surface area (Å²) in [6.07, 6.45) is 0. The topological polar surface area (TPSA) is 47.3 Å². The first-order valence-electron chi connectivity index (χ1n) is 7.06. The molecule has 0 aliphatic heterocycles. The number of thiophene rings is 1. The van der Waals surface area contributed by atoms with Gasteiger partial charge in [0.1, 0.15) is 0 Å². The molecule has 0 bridgehead atoms. The first-order chi connectivity index (χ1) is 11.3. The maximum atomic E-state index is 12.5. The van der Waals surface area contributed by atoms with Crippen molar-refractivity contribution in [1.82, 2.24) is 14.6 Å². The average Bonchev–Trinajstić information content (AvgIpc) is 3.29. The van der Waals surface area contributed by atoms with Crippen LogP contribution in [0.1, 0.15) is 15.5 Å². The molecule has 0 N–H and O–H groups in total. The molecule has 0 aliphatic rings. The van der Waals surface area contributed by atoms with Crippen LogP contribution >= 0.6 is 22.7 Å². The van der Waals surface area contributed by atoms with Crippen molar-refractivity contribution in [3.63, 3.8) is 0 Å². The van der Waals surface area contributed by atoms with E-state index in [1.165, 1.54) is 11.3 Å². The summed E-state index contributed by atoms with van der Waals surface area (Å²) in [4.78, 5) is 18.3. The molecule has 0 spiro atoms. The first-order valence-corrected chi connectivity index (χ1v) is 8.76. The van der Waals surface area contributed by atoms with Gasteiger partial charge in [0.25, 0.3) is 0 Å². The Morgan fingerprint density at radius 1 is 1.04 bits per heavy atom. The maximum absolute atomic E-state index is 12.5. The van der Waals surface area contributed by atoms with Gasteiger partial charge in [0.15, 0.2) is 0 Å². The van der Waals surface area contributed by atoms with Crippen molar-refractivity contribution in [3.05, 3.63) is 64.6 Å². The van der Waals surface area contributed by atoms with Crippen LogP contribution in [-0.2, 0) is 0 Å². The average molecular weight is 335 g/mol. The Morgan fingerprint density at radius 3 is 2.83 bits per heavy atom. The van der Waals surface area contributed by atoms with Gasteiger partial charge in [0.2, 0.25) is 16.6 Å². The molecule has 23 heavy (non-hydrogen) atoms. The zero-order valence-electron chi connectivity index (χ0n) is 11.8. The largest absolute Gasteiger partial charge is 0.284 e. The number of ketones is 1. The fourth-order valence-electron chi connectivity index (χ4n) is 2.76. The van der Waals surface area contributed by atoms with Crippen LogP contribution in [0.15, 0.2) is 53.9 Å². The SMILES string of the molecule is O=C(c1nc2sc3ccc4ccccc4c3n2n1)c1cccs1. The van der Waals surface area contributed by atoms with Gasteiger partial charge >= 0.3 is 0 Å². The Morgan fingerprint density at radius 2 is 1.96 bits per heavy atom. The smallest absolute Gasteiger partial charge is 0.242 e. The summed E-state index contributed by atoms with van der Waals surface area (Å²) < 4.78 is 2.91. The third kappa shape index (κ3) is 1.85. The highest BCUT2D eigenvalue weighted by molar-refractivity contribution is 7.23. The standard InChI is InChI=1S/C17H9N3OS2/c21-15(13-6-3-9-22-13)16-18-17-20(19-16)14-11-5-2-1-4-10(11)7-8-12(14)23-17/h1-9H. The van der Waals surface area contributed by atoms with E-state index < -0.39 is 0 Å². The highest BCUT2D eigenvalue weighted by Crippen LogP contribution is 2.31. The molecule has 5 rings (SSSR count). The summed E-state index contributed by atoms with van der Waals surface area (Å²) in [5.74, 6) is 0.137. The molecular formula is C17H9N3OS2. The van der Waals surface area contributed by atoms with Gasteiger partial charge in [-0.25, -0.2) is 4.52 Å². The second-order valence-electron chi connectivity index (χ2n) is 5.17. The number of rotatable bonds is 2. The third-order valence-electron chi connectivity index (χ3n) is 3.80. The van der Waals surface area contributed by atoms with Crippen LogP contribution in [0, 0.1) is 0 Å². The number of hydrogen-bond acceptors (Lipinski definition) is 5. The van der Waals surface area contributed by atoms with Gasteiger partial charge in [-0.1, -0.05) is 47.7 Å². The van der Waals surface area contributed by atoms with E-state index in [1.807, 2.05) is 23.6 Å².